The number of hydrogen-bond acceptors (Lipinski definition) is 2. The van der Waals surface area contributed by atoms with E-state index in [0.29, 0.717) is 19.5 Å². The smallest absolute Gasteiger partial charge is 0.224 e. The second kappa shape index (κ2) is 6.57. The Labute approximate surface area is 126 Å². The van der Waals surface area contributed by atoms with Gasteiger partial charge in [-0.1, -0.05) is 24.3 Å². The third-order valence-corrected chi connectivity index (χ3v) is 3.95. The third kappa shape index (κ3) is 3.15. The molecular formula is C17H22N2O2. The van der Waals surface area contributed by atoms with E-state index < -0.39 is 0 Å². The molecule has 0 N–H and O–H groups in total. The molecule has 0 aliphatic carbocycles. The quantitative estimate of drug-likeness (QED) is 0.854. The predicted octanol–water partition coefficient (Wildman–Crippen LogP) is 2.82. The summed E-state index contributed by atoms with van der Waals surface area (Å²) in [6.07, 6.45) is 4.03. The first-order valence-corrected chi connectivity index (χ1v) is 7.42. The van der Waals surface area contributed by atoms with Crippen molar-refractivity contribution < 1.29 is 9.59 Å². The van der Waals surface area contributed by atoms with E-state index in [2.05, 4.69) is 0 Å². The highest BCUT2D eigenvalue weighted by atomic mass is 16.2. The van der Waals surface area contributed by atoms with Gasteiger partial charge >= 0.3 is 0 Å². The van der Waals surface area contributed by atoms with Crippen molar-refractivity contribution >= 4 is 17.9 Å². The molecule has 1 aliphatic heterocycles. The van der Waals surface area contributed by atoms with Gasteiger partial charge < -0.3 is 9.80 Å². The van der Waals surface area contributed by atoms with Crippen molar-refractivity contribution in [2.75, 3.05) is 13.1 Å². The first kappa shape index (κ1) is 15.3. The second-order valence-corrected chi connectivity index (χ2v) is 5.16. The highest BCUT2D eigenvalue weighted by Crippen LogP contribution is 2.33. The van der Waals surface area contributed by atoms with Gasteiger partial charge in [-0.15, -0.1) is 0 Å². The zero-order valence-corrected chi connectivity index (χ0v) is 12.9. The number of fused-ring (bicyclic) bond motifs is 1. The van der Waals surface area contributed by atoms with Crippen LogP contribution in [0.15, 0.2) is 30.5 Å². The van der Waals surface area contributed by atoms with Gasteiger partial charge in [-0.2, -0.15) is 0 Å². The SMILES string of the molecule is CCN(CC)C(=O)CC1c2ccccc2C=CN1C(C)=O. The molecule has 1 aliphatic rings. The largest absolute Gasteiger partial charge is 0.343 e. The van der Waals surface area contributed by atoms with Gasteiger partial charge in [-0.05, 0) is 31.1 Å². The van der Waals surface area contributed by atoms with Gasteiger partial charge in [-0.3, -0.25) is 9.59 Å². The topological polar surface area (TPSA) is 40.6 Å². The number of rotatable bonds is 4. The van der Waals surface area contributed by atoms with Crippen LogP contribution in [0.2, 0.25) is 0 Å². The van der Waals surface area contributed by atoms with E-state index in [-0.39, 0.29) is 17.9 Å². The van der Waals surface area contributed by atoms with Gasteiger partial charge in [0.2, 0.25) is 11.8 Å². The molecule has 0 saturated heterocycles. The van der Waals surface area contributed by atoms with Gasteiger partial charge in [0.15, 0.2) is 0 Å². The van der Waals surface area contributed by atoms with E-state index in [4.69, 9.17) is 0 Å². The molecule has 0 spiro atoms. The molecule has 0 fully saturated rings. The van der Waals surface area contributed by atoms with E-state index in [1.807, 2.05) is 44.2 Å². The van der Waals surface area contributed by atoms with Crippen molar-refractivity contribution in [1.82, 2.24) is 9.80 Å². The Kier molecular flexibility index (Phi) is 4.78. The summed E-state index contributed by atoms with van der Waals surface area (Å²) in [7, 11) is 0. The monoisotopic (exact) mass is 286 g/mol. The first-order chi connectivity index (χ1) is 10.1. The van der Waals surface area contributed by atoms with Crippen molar-refractivity contribution in [3.05, 3.63) is 41.6 Å². The Morgan fingerprint density at radius 1 is 1.19 bits per heavy atom. The summed E-state index contributed by atoms with van der Waals surface area (Å²) in [4.78, 5) is 27.7. The van der Waals surface area contributed by atoms with Gasteiger partial charge in [0.05, 0.1) is 12.5 Å². The minimum Gasteiger partial charge on any atom is -0.343 e. The lowest BCUT2D eigenvalue weighted by atomic mass is 9.93. The van der Waals surface area contributed by atoms with Gasteiger partial charge in [0, 0.05) is 26.2 Å². The standard InChI is InChI=1S/C17H22N2O2/c1-4-18(5-2)17(21)12-16-15-9-7-6-8-14(15)10-11-19(16)13(3)20/h6-11,16H,4-5,12H2,1-3H3. The van der Waals surface area contributed by atoms with Gasteiger partial charge in [0.1, 0.15) is 0 Å². The number of carbonyl (C=O) groups excluding carboxylic acids is 2. The number of carbonyl (C=O) groups is 2. The van der Waals surface area contributed by atoms with Crippen LogP contribution in [0.4, 0.5) is 0 Å². The Balaban J connectivity index is 2.30. The molecule has 1 heterocycles. The first-order valence-electron chi connectivity index (χ1n) is 7.42. The maximum atomic E-state index is 12.4. The Hall–Kier alpha value is -2.10. The highest BCUT2D eigenvalue weighted by Gasteiger charge is 2.29. The summed E-state index contributed by atoms with van der Waals surface area (Å²) in [6, 6.07) is 7.71. The summed E-state index contributed by atoms with van der Waals surface area (Å²) in [6.45, 7) is 6.87. The summed E-state index contributed by atoms with van der Waals surface area (Å²) >= 11 is 0. The van der Waals surface area contributed by atoms with Crippen LogP contribution in [-0.2, 0) is 9.59 Å². The van der Waals surface area contributed by atoms with Crippen LogP contribution in [0.1, 0.15) is 44.4 Å². The number of hydrogen-bond donors (Lipinski definition) is 0. The molecule has 1 unspecified atom stereocenters. The molecule has 21 heavy (non-hydrogen) atoms. The minimum absolute atomic E-state index is 0.0434. The Bertz CT molecular complexity index is 562. The fourth-order valence-electron chi connectivity index (χ4n) is 2.78. The lowest BCUT2D eigenvalue weighted by Gasteiger charge is -2.33. The third-order valence-electron chi connectivity index (χ3n) is 3.95. The molecule has 1 atom stereocenters. The molecule has 1 aromatic rings. The molecule has 2 rings (SSSR count). The Morgan fingerprint density at radius 2 is 1.86 bits per heavy atom. The van der Waals surface area contributed by atoms with Crippen LogP contribution < -0.4 is 0 Å². The summed E-state index contributed by atoms with van der Waals surface area (Å²) in [5.41, 5.74) is 2.11. The maximum absolute atomic E-state index is 12.4. The molecule has 1 aromatic carbocycles. The molecule has 2 amide bonds. The molecule has 0 bridgehead atoms. The lowest BCUT2D eigenvalue weighted by molar-refractivity contribution is -0.134. The van der Waals surface area contributed by atoms with Crippen molar-refractivity contribution in [2.24, 2.45) is 0 Å². The van der Waals surface area contributed by atoms with Crippen molar-refractivity contribution in [1.29, 1.82) is 0 Å². The molecule has 112 valence electrons. The predicted molar refractivity (Wildman–Crippen MR) is 83.3 cm³/mol. The zero-order valence-electron chi connectivity index (χ0n) is 12.9. The lowest BCUT2D eigenvalue weighted by Crippen LogP contribution is -2.37. The van der Waals surface area contributed by atoms with Crippen LogP contribution >= 0.6 is 0 Å². The van der Waals surface area contributed by atoms with Crippen LogP contribution in [0, 0.1) is 0 Å². The Morgan fingerprint density at radius 3 is 2.48 bits per heavy atom. The average molecular weight is 286 g/mol. The highest BCUT2D eigenvalue weighted by molar-refractivity contribution is 5.81. The van der Waals surface area contributed by atoms with Gasteiger partial charge in [-0.25, -0.2) is 0 Å². The number of amides is 2. The maximum Gasteiger partial charge on any atom is 0.224 e. The average Bonchev–Trinajstić information content (AvgIpc) is 2.48. The summed E-state index contributed by atoms with van der Waals surface area (Å²) in [5, 5.41) is 0. The van der Waals surface area contributed by atoms with Crippen molar-refractivity contribution in [2.45, 2.75) is 33.2 Å². The second-order valence-electron chi connectivity index (χ2n) is 5.16. The number of nitrogens with zero attached hydrogens (tertiary/aromatic N) is 2. The van der Waals surface area contributed by atoms with E-state index in [0.717, 1.165) is 11.1 Å². The normalized spacial score (nSPS) is 16.5. The zero-order chi connectivity index (χ0) is 15.4. The van der Waals surface area contributed by atoms with E-state index in [1.165, 1.54) is 6.92 Å². The van der Waals surface area contributed by atoms with Crippen molar-refractivity contribution in [3.8, 4) is 0 Å². The fraction of sp³-hybridized carbons (Fsp3) is 0.412. The van der Waals surface area contributed by atoms with Crippen molar-refractivity contribution in [3.63, 3.8) is 0 Å². The molecule has 0 aromatic heterocycles. The molecule has 4 heteroatoms. The molecular weight excluding hydrogens is 264 g/mol. The van der Waals surface area contributed by atoms with E-state index in [9.17, 15) is 9.59 Å². The molecule has 0 saturated carbocycles. The van der Waals surface area contributed by atoms with Crippen LogP contribution in [-0.4, -0.2) is 34.7 Å². The van der Waals surface area contributed by atoms with E-state index in [1.54, 1.807) is 16.0 Å². The van der Waals surface area contributed by atoms with Crippen LogP contribution in [0.25, 0.3) is 6.08 Å². The van der Waals surface area contributed by atoms with E-state index >= 15 is 0 Å². The summed E-state index contributed by atoms with van der Waals surface area (Å²) < 4.78 is 0. The van der Waals surface area contributed by atoms with Crippen LogP contribution in [0.5, 0.6) is 0 Å². The molecule has 4 nitrogen and oxygen atoms in total. The fourth-order valence-corrected chi connectivity index (χ4v) is 2.78. The van der Waals surface area contributed by atoms with Gasteiger partial charge in [0.25, 0.3) is 0 Å². The van der Waals surface area contributed by atoms with Crippen LogP contribution in [0.3, 0.4) is 0 Å². The minimum atomic E-state index is -0.211. The molecule has 0 radical (unpaired) electrons. The number of benzene rings is 1. The summed E-state index contributed by atoms with van der Waals surface area (Å²) in [5.74, 6) is 0.0412.